The molecule has 2 rings (SSSR count). The van der Waals surface area contributed by atoms with Gasteiger partial charge in [0.2, 0.25) is 0 Å². The van der Waals surface area contributed by atoms with Gasteiger partial charge in [0.15, 0.2) is 0 Å². The van der Waals surface area contributed by atoms with Gasteiger partial charge in [-0.1, -0.05) is 0 Å². The minimum atomic E-state index is 0.600. The number of hydrogen-bond acceptors (Lipinski definition) is 5. The molecule has 0 amide bonds. The SMILES string of the molecule is Cc1ccc(C#N)c(NCCN2CCOCC2)n1. The number of anilines is 1. The number of aryl methyl sites for hydroxylation is 1. The smallest absolute Gasteiger partial charge is 0.144 e. The van der Waals surface area contributed by atoms with Crippen LogP contribution in [0.1, 0.15) is 11.3 Å². The average molecular weight is 246 g/mol. The van der Waals surface area contributed by atoms with E-state index in [0.29, 0.717) is 11.4 Å². The minimum absolute atomic E-state index is 0.600. The van der Waals surface area contributed by atoms with E-state index in [2.05, 4.69) is 21.3 Å². The van der Waals surface area contributed by atoms with Crippen LogP contribution in [0.4, 0.5) is 5.82 Å². The maximum absolute atomic E-state index is 9.00. The first-order valence-electron chi connectivity index (χ1n) is 6.21. The van der Waals surface area contributed by atoms with E-state index in [9.17, 15) is 0 Å². The van der Waals surface area contributed by atoms with Crippen molar-refractivity contribution in [1.82, 2.24) is 9.88 Å². The second kappa shape index (κ2) is 6.34. The molecule has 0 saturated carbocycles. The number of aromatic nitrogens is 1. The van der Waals surface area contributed by atoms with Crippen molar-refractivity contribution in [1.29, 1.82) is 5.26 Å². The zero-order chi connectivity index (χ0) is 12.8. The molecule has 0 unspecified atom stereocenters. The average Bonchev–Trinajstić information content (AvgIpc) is 2.40. The summed E-state index contributed by atoms with van der Waals surface area (Å²) in [6.07, 6.45) is 0. The van der Waals surface area contributed by atoms with Crippen molar-refractivity contribution in [2.24, 2.45) is 0 Å². The number of nitrogens with zero attached hydrogens (tertiary/aromatic N) is 3. The highest BCUT2D eigenvalue weighted by atomic mass is 16.5. The molecule has 5 heteroatoms. The van der Waals surface area contributed by atoms with Crippen molar-refractivity contribution in [2.75, 3.05) is 44.7 Å². The topological polar surface area (TPSA) is 61.2 Å². The molecule has 18 heavy (non-hydrogen) atoms. The molecule has 2 heterocycles. The van der Waals surface area contributed by atoms with Crippen molar-refractivity contribution in [3.63, 3.8) is 0 Å². The molecule has 0 aromatic carbocycles. The zero-order valence-corrected chi connectivity index (χ0v) is 10.6. The van der Waals surface area contributed by atoms with Gasteiger partial charge in [0, 0.05) is 31.9 Å². The van der Waals surface area contributed by atoms with Gasteiger partial charge in [0.05, 0.1) is 18.8 Å². The summed E-state index contributed by atoms with van der Waals surface area (Å²) in [4.78, 5) is 6.70. The molecule has 1 fully saturated rings. The van der Waals surface area contributed by atoms with Gasteiger partial charge in [-0.05, 0) is 19.1 Å². The molecule has 1 saturated heterocycles. The molecule has 1 aliphatic rings. The molecule has 0 atom stereocenters. The van der Waals surface area contributed by atoms with Gasteiger partial charge in [0.1, 0.15) is 11.9 Å². The van der Waals surface area contributed by atoms with Gasteiger partial charge in [-0.2, -0.15) is 5.26 Å². The lowest BCUT2D eigenvalue weighted by atomic mass is 10.2. The molecule has 1 N–H and O–H groups in total. The normalized spacial score (nSPS) is 16.2. The third-order valence-electron chi connectivity index (χ3n) is 2.98. The molecule has 5 nitrogen and oxygen atoms in total. The van der Waals surface area contributed by atoms with Gasteiger partial charge >= 0.3 is 0 Å². The first-order valence-corrected chi connectivity index (χ1v) is 6.21. The van der Waals surface area contributed by atoms with Crippen molar-refractivity contribution >= 4 is 5.82 Å². The highest BCUT2D eigenvalue weighted by Gasteiger charge is 2.10. The van der Waals surface area contributed by atoms with Crippen LogP contribution in [0.25, 0.3) is 0 Å². The maximum Gasteiger partial charge on any atom is 0.144 e. The standard InChI is InChI=1S/C13H18N4O/c1-11-2-3-12(10-14)13(16-11)15-4-5-17-6-8-18-9-7-17/h2-3H,4-9H2,1H3,(H,15,16). The molecule has 0 spiro atoms. The van der Waals surface area contributed by atoms with Crippen LogP contribution in [0.15, 0.2) is 12.1 Å². The number of ether oxygens (including phenoxy) is 1. The number of rotatable bonds is 4. The van der Waals surface area contributed by atoms with E-state index in [4.69, 9.17) is 10.00 Å². The van der Waals surface area contributed by atoms with Crippen LogP contribution in [0.3, 0.4) is 0 Å². The molecule has 0 bridgehead atoms. The Morgan fingerprint density at radius 3 is 2.94 bits per heavy atom. The zero-order valence-electron chi connectivity index (χ0n) is 10.6. The summed E-state index contributed by atoms with van der Waals surface area (Å²) in [5, 5.41) is 12.2. The Balaban J connectivity index is 1.86. The van der Waals surface area contributed by atoms with Crippen LogP contribution in [0.2, 0.25) is 0 Å². The number of nitriles is 1. The second-order valence-electron chi connectivity index (χ2n) is 4.34. The summed E-state index contributed by atoms with van der Waals surface area (Å²) in [5.41, 5.74) is 1.52. The Morgan fingerprint density at radius 2 is 2.22 bits per heavy atom. The van der Waals surface area contributed by atoms with Crippen LogP contribution in [0.5, 0.6) is 0 Å². The van der Waals surface area contributed by atoms with E-state index in [1.807, 2.05) is 13.0 Å². The lowest BCUT2D eigenvalue weighted by Crippen LogP contribution is -2.39. The van der Waals surface area contributed by atoms with E-state index >= 15 is 0 Å². The van der Waals surface area contributed by atoms with Crippen molar-refractivity contribution in [2.45, 2.75) is 6.92 Å². The predicted octanol–water partition coefficient (Wildman–Crippen LogP) is 1.01. The number of morpholine rings is 1. The Morgan fingerprint density at radius 1 is 1.44 bits per heavy atom. The van der Waals surface area contributed by atoms with Gasteiger partial charge in [-0.25, -0.2) is 4.98 Å². The number of hydrogen-bond donors (Lipinski definition) is 1. The third kappa shape index (κ3) is 3.42. The fraction of sp³-hybridized carbons (Fsp3) is 0.538. The summed E-state index contributed by atoms with van der Waals surface area (Å²) in [6.45, 7) is 7.25. The van der Waals surface area contributed by atoms with Crippen molar-refractivity contribution < 1.29 is 4.74 Å². The molecule has 0 aliphatic carbocycles. The van der Waals surface area contributed by atoms with Crippen molar-refractivity contribution in [3.05, 3.63) is 23.4 Å². The highest BCUT2D eigenvalue weighted by Crippen LogP contribution is 2.11. The summed E-state index contributed by atoms with van der Waals surface area (Å²) >= 11 is 0. The molecular weight excluding hydrogens is 228 g/mol. The van der Waals surface area contributed by atoms with E-state index in [-0.39, 0.29) is 0 Å². The van der Waals surface area contributed by atoms with Crippen LogP contribution in [0, 0.1) is 18.3 Å². The first kappa shape index (κ1) is 12.8. The van der Waals surface area contributed by atoms with E-state index in [1.54, 1.807) is 6.07 Å². The van der Waals surface area contributed by atoms with Crippen molar-refractivity contribution in [3.8, 4) is 6.07 Å². The Hall–Kier alpha value is -1.64. The quantitative estimate of drug-likeness (QED) is 0.859. The molecule has 96 valence electrons. The van der Waals surface area contributed by atoms with E-state index < -0.39 is 0 Å². The van der Waals surface area contributed by atoms with Crippen LogP contribution in [-0.4, -0.2) is 49.3 Å². The fourth-order valence-electron chi connectivity index (χ4n) is 1.94. The summed E-state index contributed by atoms with van der Waals surface area (Å²) < 4.78 is 5.30. The molecule has 0 radical (unpaired) electrons. The second-order valence-corrected chi connectivity index (χ2v) is 4.34. The van der Waals surface area contributed by atoms with Gasteiger partial charge in [-0.3, -0.25) is 4.90 Å². The molecule has 1 aliphatic heterocycles. The van der Waals surface area contributed by atoms with Gasteiger partial charge < -0.3 is 10.1 Å². The maximum atomic E-state index is 9.00. The number of pyridine rings is 1. The Bertz CT molecular complexity index is 435. The minimum Gasteiger partial charge on any atom is -0.379 e. The summed E-state index contributed by atoms with van der Waals surface area (Å²) in [5.74, 6) is 0.686. The van der Waals surface area contributed by atoms with Gasteiger partial charge in [-0.15, -0.1) is 0 Å². The van der Waals surface area contributed by atoms with E-state index in [0.717, 1.165) is 45.1 Å². The fourth-order valence-corrected chi connectivity index (χ4v) is 1.94. The summed E-state index contributed by atoms with van der Waals surface area (Å²) in [6, 6.07) is 5.81. The predicted molar refractivity (Wildman–Crippen MR) is 69.4 cm³/mol. The van der Waals surface area contributed by atoms with E-state index in [1.165, 1.54) is 0 Å². The third-order valence-corrected chi connectivity index (χ3v) is 2.98. The lowest BCUT2D eigenvalue weighted by molar-refractivity contribution is 0.0398. The van der Waals surface area contributed by atoms with Gasteiger partial charge in [0.25, 0.3) is 0 Å². The molecule has 1 aromatic rings. The Kier molecular flexibility index (Phi) is 4.51. The number of nitrogens with one attached hydrogen (secondary N) is 1. The monoisotopic (exact) mass is 246 g/mol. The van der Waals surface area contributed by atoms with Crippen LogP contribution in [-0.2, 0) is 4.74 Å². The molecule has 1 aromatic heterocycles. The van der Waals surface area contributed by atoms with Crippen LogP contribution < -0.4 is 5.32 Å². The first-order chi connectivity index (χ1) is 8.79. The van der Waals surface area contributed by atoms with Crippen LogP contribution >= 0.6 is 0 Å². The molecular formula is C13H18N4O. The summed E-state index contributed by atoms with van der Waals surface area (Å²) in [7, 11) is 0. The largest absolute Gasteiger partial charge is 0.379 e. The highest BCUT2D eigenvalue weighted by molar-refractivity contribution is 5.52. The lowest BCUT2D eigenvalue weighted by Gasteiger charge is -2.26. The Labute approximate surface area is 107 Å².